The van der Waals surface area contributed by atoms with Gasteiger partial charge in [-0.05, 0) is 50.5 Å². The van der Waals surface area contributed by atoms with E-state index < -0.39 is 10.2 Å². The number of hydrogen-bond acceptors (Lipinski definition) is 3. The first-order valence-corrected chi connectivity index (χ1v) is 8.86. The highest BCUT2D eigenvalue weighted by Crippen LogP contribution is 2.24. The molecule has 0 unspecified atom stereocenters. The number of nitrogens with zero attached hydrogens (tertiary/aromatic N) is 1. The zero-order chi connectivity index (χ0) is 17.2. The number of hydrogen-bond donors (Lipinski definition) is 2. The van der Waals surface area contributed by atoms with Crippen molar-refractivity contribution in [1.29, 1.82) is 0 Å². The van der Waals surface area contributed by atoms with Crippen molar-refractivity contribution in [2.45, 2.75) is 33.6 Å². The molecule has 0 aromatic heterocycles. The van der Waals surface area contributed by atoms with E-state index in [9.17, 15) is 13.2 Å². The topological polar surface area (TPSA) is 87.6 Å². The molecule has 1 aliphatic rings. The summed E-state index contributed by atoms with van der Waals surface area (Å²) in [6, 6.07) is 5.31. The smallest absolute Gasteiger partial charge is 0.326 e. The minimum absolute atomic E-state index is 0.170. The fourth-order valence-electron chi connectivity index (χ4n) is 2.35. The standard InChI is InChI=1S/C15H18ClN3O3S/c1-9-13(16)5-4-6-14(9)17-15(20)8-7-12-10(2)18-23(21,22)19-11(12)3/h4-6,18H,7-8H2,1-3H3,(H,17,20). The lowest BCUT2D eigenvalue weighted by Crippen LogP contribution is -2.28. The third kappa shape index (κ3) is 4.33. The lowest BCUT2D eigenvalue weighted by molar-refractivity contribution is -0.116. The molecule has 1 aromatic carbocycles. The van der Waals surface area contributed by atoms with Crippen molar-refractivity contribution in [3.05, 3.63) is 40.1 Å². The molecule has 1 amide bonds. The summed E-state index contributed by atoms with van der Waals surface area (Å²) in [4.78, 5) is 12.1. The number of allylic oxidation sites excluding steroid dienone is 2. The number of halogens is 1. The molecular weight excluding hydrogens is 338 g/mol. The van der Waals surface area contributed by atoms with Gasteiger partial charge in [0.05, 0.1) is 5.71 Å². The van der Waals surface area contributed by atoms with Crippen LogP contribution in [0.3, 0.4) is 0 Å². The lowest BCUT2D eigenvalue weighted by atomic mass is 10.0. The second-order valence-corrected chi connectivity index (χ2v) is 7.06. The van der Waals surface area contributed by atoms with Crippen molar-refractivity contribution in [1.82, 2.24) is 4.72 Å². The molecule has 0 aliphatic carbocycles. The predicted molar refractivity (Wildman–Crippen MR) is 91.9 cm³/mol. The first kappa shape index (κ1) is 17.5. The van der Waals surface area contributed by atoms with E-state index in [-0.39, 0.29) is 12.3 Å². The molecule has 0 atom stereocenters. The van der Waals surface area contributed by atoms with Crippen molar-refractivity contribution in [3.8, 4) is 0 Å². The summed E-state index contributed by atoms with van der Waals surface area (Å²) in [5.74, 6) is -0.170. The van der Waals surface area contributed by atoms with Crippen molar-refractivity contribution < 1.29 is 13.2 Å². The molecule has 8 heteroatoms. The van der Waals surface area contributed by atoms with Crippen LogP contribution in [0.1, 0.15) is 32.3 Å². The van der Waals surface area contributed by atoms with E-state index in [4.69, 9.17) is 11.6 Å². The summed E-state index contributed by atoms with van der Waals surface area (Å²) in [5.41, 5.74) is 3.12. The Morgan fingerprint density at radius 3 is 2.65 bits per heavy atom. The molecule has 6 nitrogen and oxygen atoms in total. The van der Waals surface area contributed by atoms with Crippen LogP contribution in [0.15, 0.2) is 33.9 Å². The first-order chi connectivity index (χ1) is 10.7. The Morgan fingerprint density at radius 2 is 2.00 bits per heavy atom. The maximum Gasteiger partial charge on any atom is 0.342 e. The van der Waals surface area contributed by atoms with Gasteiger partial charge in [-0.2, -0.15) is 8.42 Å². The Hall–Kier alpha value is -1.86. The SMILES string of the molecule is CC1=NS(=O)(=O)NC(C)=C1CCC(=O)Nc1cccc(Cl)c1C. The molecule has 0 fully saturated rings. The minimum Gasteiger partial charge on any atom is -0.326 e. The second-order valence-electron chi connectivity index (χ2n) is 5.32. The lowest BCUT2D eigenvalue weighted by Gasteiger charge is -2.18. The Morgan fingerprint density at radius 1 is 1.30 bits per heavy atom. The van der Waals surface area contributed by atoms with Crippen molar-refractivity contribution >= 4 is 39.1 Å². The highest BCUT2D eigenvalue weighted by molar-refractivity contribution is 7.88. The highest BCUT2D eigenvalue weighted by atomic mass is 35.5. The molecule has 1 aromatic rings. The third-order valence-electron chi connectivity index (χ3n) is 3.57. The van der Waals surface area contributed by atoms with E-state index in [1.54, 1.807) is 32.0 Å². The molecule has 0 bridgehead atoms. The van der Waals surface area contributed by atoms with E-state index in [0.29, 0.717) is 28.5 Å². The van der Waals surface area contributed by atoms with E-state index in [2.05, 4.69) is 14.4 Å². The normalized spacial score (nSPS) is 16.6. The van der Waals surface area contributed by atoms with Gasteiger partial charge in [0.1, 0.15) is 0 Å². The van der Waals surface area contributed by atoms with Gasteiger partial charge in [-0.15, -0.1) is 4.40 Å². The molecule has 0 saturated heterocycles. The van der Waals surface area contributed by atoms with E-state index in [1.165, 1.54) is 0 Å². The van der Waals surface area contributed by atoms with E-state index in [1.807, 2.05) is 6.92 Å². The molecule has 23 heavy (non-hydrogen) atoms. The largest absolute Gasteiger partial charge is 0.342 e. The quantitative estimate of drug-likeness (QED) is 0.870. The second kappa shape index (κ2) is 6.72. The van der Waals surface area contributed by atoms with Crippen LogP contribution in [0, 0.1) is 6.92 Å². The van der Waals surface area contributed by atoms with Gasteiger partial charge in [0.15, 0.2) is 0 Å². The molecular formula is C15H18ClN3O3S. The fraction of sp³-hybridized carbons (Fsp3) is 0.333. The summed E-state index contributed by atoms with van der Waals surface area (Å²) < 4.78 is 28.8. The molecule has 0 radical (unpaired) electrons. The molecule has 124 valence electrons. The van der Waals surface area contributed by atoms with Crippen LogP contribution in [0.25, 0.3) is 0 Å². The monoisotopic (exact) mass is 355 g/mol. The Balaban J connectivity index is 2.03. The average molecular weight is 356 g/mol. The molecule has 2 rings (SSSR count). The summed E-state index contributed by atoms with van der Waals surface area (Å²) in [6.45, 7) is 5.11. The molecule has 0 spiro atoms. The third-order valence-corrected chi connectivity index (χ3v) is 5.06. The van der Waals surface area contributed by atoms with E-state index in [0.717, 1.165) is 11.1 Å². The van der Waals surface area contributed by atoms with Crippen LogP contribution in [0.5, 0.6) is 0 Å². The number of nitrogens with one attached hydrogen (secondary N) is 2. The fourth-order valence-corrected chi connectivity index (χ4v) is 3.55. The average Bonchev–Trinajstić information content (AvgIpc) is 2.41. The van der Waals surface area contributed by atoms with Gasteiger partial charge in [-0.1, -0.05) is 17.7 Å². The zero-order valence-corrected chi connectivity index (χ0v) is 14.7. The number of benzene rings is 1. The van der Waals surface area contributed by atoms with Crippen LogP contribution in [-0.2, 0) is 15.0 Å². The predicted octanol–water partition coefficient (Wildman–Crippen LogP) is 2.95. The molecule has 2 N–H and O–H groups in total. The zero-order valence-electron chi connectivity index (χ0n) is 13.1. The van der Waals surface area contributed by atoms with Gasteiger partial charge in [-0.25, -0.2) is 0 Å². The number of rotatable bonds is 4. The van der Waals surface area contributed by atoms with Crippen LogP contribution in [0.4, 0.5) is 5.69 Å². The summed E-state index contributed by atoms with van der Waals surface area (Å²) in [6.07, 6.45) is 0.613. The highest BCUT2D eigenvalue weighted by Gasteiger charge is 2.20. The van der Waals surface area contributed by atoms with Gasteiger partial charge in [0.2, 0.25) is 5.91 Å². The van der Waals surface area contributed by atoms with Crippen LogP contribution < -0.4 is 10.0 Å². The van der Waals surface area contributed by atoms with Gasteiger partial charge >= 0.3 is 10.2 Å². The van der Waals surface area contributed by atoms with Gasteiger partial charge in [0.25, 0.3) is 0 Å². The molecule has 1 aliphatic heterocycles. The van der Waals surface area contributed by atoms with Crippen LogP contribution in [-0.4, -0.2) is 20.0 Å². The maximum atomic E-state index is 12.1. The number of carbonyl (C=O) groups is 1. The number of carbonyl (C=O) groups excluding carboxylic acids is 1. The van der Waals surface area contributed by atoms with Crippen LogP contribution in [0.2, 0.25) is 5.02 Å². The summed E-state index contributed by atoms with van der Waals surface area (Å²) >= 11 is 6.02. The first-order valence-electron chi connectivity index (χ1n) is 7.04. The number of amides is 1. The summed E-state index contributed by atoms with van der Waals surface area (Å²) in [5, 5.41) is 3.40. The van der Waals surface area contributed by atoms with Crippen molar-refractivity contribution in [2.24, 2.45) is 4.40 Å². The van der Waals surface area contributed by atoms with Gasteiger partial charge < -0.3 is 5.32 Å². The summed E-state index contributed by atoms with van der Waals surface area (Å²) in [7, 11) is -3.65. The number of anilines is 1. The van der Waals surface area contributed by atoms with Crippen molar-refractivity contribution in [2.75, 3.05) is 5.32 Å². The minimum atomic E-state index is -3.65. The molecule has 0 saturated carbocycles. The van der Waals surface area contributed by atoms with Gasteiger partial charge in [0, 0.05) is 22.8 Å². The Bertz CT molecular complexity index is 813. The van der Waals surface area contributed by atoms with E-state index >= 15 is 0 Å². The van der Waals surface area contributed by atoms with Crippen molar-refractivity contribution in [3.63, 3.8) is 0 Å². The molecule has 1 heterocycles. The Kier molecular flexibility index (Phi) is 5.11. The maximum absolute atomic E-state index is 12.1. The van der Waals surface area contributed by atoms with Gasteiger partial charge in [-0.3, -0.25) is 9.52 Å². The Labute approximate surface area is 140 Å². The van der Waals surface area contributed by atoms with Crippen LogP contribution >= 0.6 is 11.6 Å².